The Labute approximate surface area is 162 Å². The third-order valence-corrected chi connectivity index (χ3v) is 5.42. The first kappa shape index (κ1) is 16.1. The van der Waals surface area contributed by atoms with Gasteiger partial charge in [-0.2, -0.15) is 0 Å². The smallest absolute Gasteiger partial charge is 0.178 e. The van der Waals surface area contributed by atoms with Crippen LogP contribution < -0.4 is 10.2 Å². The predicted molar refractivity (Wildman–Crippen MR) is 115 cm³/mol. The molecule has 1 aliphatic rings. The van der Waals surface area contributed by atoms with E-state index in [1.54, 1.807) is 6.20 Å². The number of fused-ring (bicyclic) bond motifs is 4. The Bertz CT molecular complexity index is 1190. The number of hydrogen-bond acceptors (Lipinski definition) is 3. The molecule has 0 radical (unpaired) electrons. The quantitative estimate of drug-likeness (QED) is 0.380. The second-order valence-corrected chi connectivity index (χ2v) is 7.27. The molecule has 2 aromatic heterocycles. The van der Waals surface area contributed by atoms with E-state index in [-0.39, 0.29) is 0 Å². The molecule has 5 heteroatoms. The number of hydrogen-bond donors (Lipinski definition) is 1. The van der Waals surface area contributed by atoms with Gasteiger partial charge in [-0.05, 0) is 61.5 Å². The van der Waals surface area contributed by atoms with Crippen LogP contribution in [0.15, 0.2) is 67.0 Å². The van der Waals surface area contributed by atoms with E-state index in [9.17, 15) is 0 Å². The van der Waals surface area contributed by atoms with Crippen molar-refractivity contribution in [3.63, 3.8) is 0 Å². The van der Waals surface area contributed by atoms with Gasteiger partial charge in [0.1, 0.15) is 0 Å². The molecule has 132 valence electrons. The monoisotopic (exact) mass is 370 g/mol. The van der Waals surface area contributed by atoms with Crippen molar-refractivity contribution in [1.29, 1.82) is 0 Å². The van der Waals surface area contributed by atoms with Crippen LogP contribution in [-0.4, -0.2) is 21.1 Å². The molecule has 0 saturated carbocycles. The fourth-order valence-electron chi connectivity index (χ4n) is 3.94. The summed E-state index contributed by atoms with van der Waals surface area (Å²) in [5, 5.41) is 6.25. The number of nitrogens with one attached hydrogen (secondary N) is 1. The van der Waals surface area contributed by atoms with Gasteiger partial charge in [-0.15, -0.1) is 0 Å². The molecule has 4 aromatic rings. The minimum absolute atomic E-state index is 0.323. The molecular weight excluding hydrogens is 352 g/mol. The van der Waals surface area contributed by atoms with Crippen LogP contribution in [0.3, 0.4) is 0 Å². The molecule has 3 heterocycles. The number of rotatable bonds is 1. The highest BCUT2D eigenvalue weighted by Crippen LogP contribution is 2.34. The second kappa shape index (κ2) is 6.28. The van der Waals surface area contributed by atoms with Gasteiger partial charge in [0.05, 0.1) is 16.7 Å². The summed E-state index contributed by atoms with van der Waals surface area (Å²) in [6.45, 7) is 2.20. The van der Waals surface area contributed by atoms with Crippen molar-refractivity contribution < 1.29 is 0 Å². The Balaban J connectivity index is 1.59. The molecule has 1 atom stereocenters. The van der Waals surface area contributed by atoms with E-state index in [0.717, 1.165) is 33.9 Å². The van der Waals surface area contributed by atoms with Crippen LogP contribution in [0.2, 0.25) is 0 Å². The first-order chi connectivity index (χ1) is 13.2. The normalized spacial score (nSPS) is 15.9. The summed E-state index contributed by atoms with van der Waals surface area (Å²) >= 11 is 5.81. The summed E-state index contributed by atoms with van der Waals surface area (Å²) in [6.07, 6.45) is 4.62. The average molecular weight is 370 g/mol. The number of nitrogens with zero attached hydrogens (tertiary/aromatic N) is 3. The maximum Gasteiger partial charge on any atom is 0.178 e. The van der Waals surface area contributed by atoms with E-state index in [4.69, 9.17) is 12.2 Å². The molecule has 0 fully saturated rings. The molecule has 2 aromatic carbocycles. The lowest BCUT2D eigenvalue weighted by Crippen LogP contribution is -2.38. The topological polar surface area (TPSA) is 41.0 Å². The zero-order valence-corrected chi connectivity index (χ0v) is 15.7. The Morgan fingerprint density at radius 1 is 1.04 bits per heavy atom. The lowest BCUT2D eigenvalue weighted by atomic mass is 10.1. The second-order valence-electron chi connectivity index (χ2n) is 6.88. The summed E-state index contributed by atoms with van der Waals surface area (Å²) in [7, 11) is 0. The van der Waals surface area contributed by atoms with E-state index in [2.05, 4.69) is 69.6 Å². The van der Waals surface area contributed by atoms with E-state index in [0.29, 0.717) is 11.2 Å². The van der Waals surface area contributed by atoms with E-state index in [1.807, 2.05) is 18.3 Å². The molecule has 27 heavy (non-hydrogen) atoms. The minimum atomic E-state index is 0.323. The number of anilines is 2. The first-order valence-electron chi connectivity index (χ1n) is 9.03. The number of pyridine rings is 2. The van der Waals surface area contributed by atoms with Crippen molar-refractivity contribution in [2.75, 3.05) is 10.2 Å². The number of para-hydroxylation sites is 1. The van der Waals surface area contributed by atoms with Gasteiger partial charge >= 0.3 is 0 Å². The Hall–Kier alpha value is -3.05. The van der Waals surface area contributed by atoms with Crippen LogP contribution in [0.25, 0.3) is 21.8 Å². The lowest BCUT2D eigenvalue weighted by molar-refractivity contribution is 0.776. The maximum atomic E-state index is 5.81. The van der Waals surface area contributed by atoms with Crippen LogP contribution >= 0.6 is 12.2 Å². The fourth-order valence-corrected chi connectivity index (χ4v) is 4.33. The van der Waals surface area contributed by atoms with Gasteiger partial charge in [0.2, 0.25) is 0 Å². The van der Waals surface area contributed by atoms with Gasteiger partial charge in [0.15, 0.2) is 5.11 Å². The van der Waals surface area contributed by atoms with Crippen molar-refractivity contribution in [2.24, 2.45) is 0 Å². The van der Waals surface area contributed by atoms with Crippen molar-refractivity contribution in [1.82, 2.24) is 9.97 Å². The van der Waals surface area contributed by atoms with Gasteiger partial charge in [0, 0.05) is 34.9 Å². The zero-order valence-electron chi connectivity index (χ0n) is 14.9. The summed E-state index contributed by atoms with van der Waals surface area (Å²) in [5.74, 6) is 0. The summed E-state index contributed by atoms with van der Waals surface area (Å²) in [5.41, 5.74) is 5.26. The van der Waals surface area contributed by atoms with Gasteiger partial charge < -0.3 is 10.2 Å². The van der Waals surface area contributed by atoms with E-state index >= 15 is 0 Å². The highest BCUT2D eigenvalue weighted by atomic mass is 32.1. The highest BCUT2D eigenvalue weighted by Gasteiger charge is 2.28. The standard InChI is InChI=1S/C22H18N4S/c1-14-12-15-6-2-3-9-19(15)26(14)22(27)25-18-13-16-7-4-10-23-20(16)17-8-5-11-24-21(17)18/h2-11,13-14H,12H2,1H3,(H,25,27)/t14-/m1/s1. The third-order valence-electron chi connectivity index (χ3n) is 5.12. The van der Waals surface area contributed by atoms with Crippen LogP contribution in [0.5, 0.6) is 0 Å². The maximum absolute atomic E-state index is 5.81. The Morgan fingerprint density at radius 2 is 1.81 bits per heavy atom. The predicted octanol–water partition coefficient (Wildman–Crippen LogP) is 4.93. The average Bonchev–Trinajstić information content (AvgIpc) is 3.04. The number of thiocarbonyl (C=S) groups is 1. The molecular formula is C22H18N4S. The van der Waals surface area contributed by atoms with Crippen molar-refractivity contribution in [2.45, 2.75) is 19.4 Å². The molecule has 0 spiro atoms. The SMILES string of the molecule is C[C@@H]1Cc2ccccc2N1C(=S)Nc1cc2cccnc2c2cccnc12. The Kier molecular flexibility index (Phi) is 3.76. The highest BCUT2D eigenvalue weighted by molar-refractivity contribution is 7.80. The third kappa shape index (κ3) is 2.62. The van der Waals surface area contributed by atoms with Gasteiger partial charge in [-0.3, -0.25) is 9.97 Å². The summed E-state index contributed by atoms with van der Waals surface area (Å²) < 4.78 is 0. The molecule has 1 aliphatic heterocycles. The Morgan fingerprint density at radius 3 is 2.70 bits per heavy atom. The fraction of sp³-hybridized carbons (Fsp3) is 0.136. The van der Waals surface area contributed by atoms with Crippen molar-refractivity contribution in [3.8, 4) is 0 Å². The van der Waals surface area contributed by atoms with Gasteiger partial charge in [0.25, 0.3) is 0 Å². The van der Waals surface area contributed by atoms with Crippen molar-refractivity contribution >= 4 is 50.5 Å². The molecule has 0 amide bonds. The van der Waals surface area contributed by atoms with E-state index < -0.39 is 0 Å². The molecule has 4 nitrogen and oxygen atoms in total. The van der Waals surface area contributed by atoms with Crippen LogP contribution in [0, 0.1) is 0 Å². The molecule has 5 rings (SSSR count). The molecule has 0 bridgehead atoms. The van der Waals surface area contributed by atoms with Crippen LogP contribution in [0.1, 0.15) is 12.5 Å². The molecule has 0 aliphatic carbocycles. The van der Waals surface area contributed by atoms with E-state index in [1.165, 1.54) is 11.3 Å². The van der Waals surface area contributed by atoms with Crippen molar-refractivity contribution in [3.05, 3.63) is 72.6 Å². The number of benzene rings is 2. The lowest BCUT2D eigenvalue weighted by Gasteiger charge is -2.26. The molecule has 1 N–H and O–H groups in total. The van der Waals surface area contributed by atoms with Gasteiger partial charge in [-0.25, -0.2) is 0 Å². The first-order valence-corrected chi connectivity index (χ1v) is 9.44. The van der Waals surface area contributed by atoms with Gasteiger partial charge in [-0.1, -0.05) is 24.3 Å². The molecule has 0 saturated heterocycles. The van der Waals surface area contributed by atoms with Crippen LogP contribution in [0.4, 0.5) is 11.4 Å². The minimum Gasteiger partial charge on any atom is -0.330 e. The van der Waals surface area contributed by atoms with Crippen LogP contribution in [-0.2, 0) is 6.42 Å². The largest absolute Gasteiger partial charge is 0.330 e. The number of aromatic nitrogens is 2. The zero-order chi connectivity index (χ0) is 18.4. The summed E-state index contributed by atoms with van der Waals surface area (Å²) in [4.78, 5) is 11.3. The molecule has 0 unspecified atom stereocenters. The summed E-state index contributed by atoms with van der Waals surface area (Å²) in [6, 6.07) is 18.9.